The zero-order valence-corrected chi connectivity index (χ0v) is 19.5. The Bertz CT molecular complexity index is 1330. The summed E-state index contributed by atoms with van der Waals surface area (Å²) in [7, 11) is 0. The van der Waals surface area contributed by atoms with Gasteiger partial charge in [-0.05, 0) is 60.9 Å². The maximum absolute atomic E-state index is 13.1. The summed E-state index contributed by atoms with van der Waals surface area (Å²) in [5.41, 5.74) is 4.40. The molecule has 1 unspecified atom stereocenters. The fraction of sp³-hybridized carbons (Fsp3) is 0.192. The molecule has 34 heavy (non-hydrogen) atoms. The normalized spacial score (nSPS) is 16.1. The summed E-state index contributed by atoms with van der Waals surface area (Å²) < 4.78 is 11.2. The van der Waals surface area contributed by atoms with Crippen LogP contribution in [0.3, 0.4) is 0 Å². The van der Waals surface area contributed by atoms with Gasteiger partial charge in [-0.2, -0.15) is 4.98 Å². The molecule has 2 amide bonds. The number of halogens is 1. The van der Waals surface area contributed by atoms with Crippen LogP contribution < -0.4 is 5.32 Å². The van der Waals surface area contributed by atoms with Crippen molar-refractivity contribution >= 4 is 23.2 Å². The lowest BCUT2D eigenvalue weighted by atomic mass is 9.93. The minimum Gasteiger partial charge on any atom is -0.467 e. The molecular formula is C26H23ClN4O3. The predicted molar refractivity (Wildman–Crippen MR) is 129 cm³/mol. The van der Waals surface area contributed by atoms with Crippen LogP contribution in [0.1, 0.15) is 42.7 Å². The van der Waals surface area contributed by atoms with E-state index in [0.717, 1.165) is 28.8 Å². The molecule has 4 aromatic rings. The number of urea groups is 1. The van der Waals surface area contributed by atoms with Gasteiger partial charge in [-0.3, -0.25) is 4.90 Å². The van der Waals surface area contributed by atoms with Crippen molar-refractivity contribution in [2.75, 3.05) is 0 Å². The molecule has 8 heteroatoms. The van der Waals surface area contributed by atoms with Crippen LogP contribution in [0.5, 0.6) is 0 Å². The highest BCUT2D eigenvalue weighted by Crippen LogP contribution is 2.38. The van der Waals surface area contributed by atoms with Crippen molar-refractivity contribution in [1.82, 2.24) is 20.4 Å². The molecule has 7 nitrogen and oxygen atoms in total. The Balaban J connectivity index is 1.58. The summed E-state index contributed by atoms with van der Waals surface area (Å²) in [5, 5.41) is 7.93. The lowest BCUT2D eigenvalue weighted by molar-refractivity contribution is 0.199. The van der Waals surface area contributed by atoms with Gasteiger partial charge in [0.1, 0.15) is 5.76 Å². The summed E-state index contributed by atoms with van der Waals surface area (Å²) in [6.45, 7) is 4.28. The number of aromatic nitrogens is 2. The molecule has 0 spiro atoms. The number of aryl methyl sites for hydroxylation is 1. The van der Waals surface area contributed by atoms with Crippen LogP contribution in [-0.4, -0.2) is 21.1 Å². The lowest BCUT2D eigenvalue weighted by Crippen LogP contribution is -2.45. The maximum Gasteiger partial charge on any atom is 0.322 e. The number of amides is 2. The second-order valence-electron chi connectivity index (χ2n) is 8.07. The first-order chi connectivity index (χ1) is 16.5. The van der Waals surface area contributed by atoms with Gasteiger partial charge in [-0.25, -0.2) is 4.79 Å². The number of furan rings is 1. The van der Waals surface area contributed by atoms with Crippen molar-refractivity contribution in [3.8, 4) is 11.4 Å². The molecule has 2 aromatic heterocycles. The van der Waals surface area contributed by atoms with Gasteiger partial charge in [-0.15, -0.1) is 0 Å². The summed E-state index contributed by atoms with van der Waals surface area (Å²) in [5.74, 6) is 1.46. The third-order valence-electron chi connectivity index (χ3n) is 5.97. The standard InChI is InChI=1S/C26H23ClN4O3/c1-3-17-6-8-18(9-7-17)23-22(16(2)31(26(32)28-23)15-21-5-4-14-33-21)25-29-24(30-34-25)19-10-12-20(27)13-11-19/h4-14,23H,3,15H2,1-2H3,(H,28,32). The molecule has 1 aliphatic rings. The first-order valence-electron chi connectivity index (χ1n) is 11.0. The average Bonchev–Trinajstić information content (AvgIpc) is 3.54. The Kier molecular flexibility index (Phi) is 5.94. The van der Waals surface area contributed by atoms with E-state index in [1.165, 1.54) is 5.56 Å². The Morgan fingerprint density at radius 1 is 1.09 bits per heavy atom. The zero-order valence-electron chi connectivity index (χ0n) is 18.8. The third kappa shape index (κ3) is 4.22. The summed E-state index contributed by atoms with van der Waals surface area (Å²) in [4.78, 5) is 19.4. The quantitative estimate of drug-likeness (QED) is 0.357. The molecule has 0 saturated carbocycles. The number of hydrogen-bond acceptors (Lipinski definition) is 5. The van der Waals surface area contributed by atoms with Gasteiger partial charge < -0.3 is 14.3 Å². The van der Waals surface area contributed by atoms with E-state index in [-0.39, 0.29) is 12.6 Å². The van der Waals surface area contributed by atoms with Crippen molar-refractivity contribution < 1.29 is 13.7 Å². The maximum atomic E-state index is 13.1. The van der Waals surface area contributed by atoms with Crippen molar-refractivity contribution in [2.24, 2.45) is 0 Å². The van der Waals surface area contributed by atoms with E-state index in [0.29, 0.717) is 22.5 Å². The molecule has 0 bridgehead atoms. The Morgan fingerprint density at radius 2 is 1.85 bits per heavy atom. The Labute approximate surface area is 202 Å². The van der Waals surface area contributed by atoms with Gasteiger partial charge in [-0.1, -0.05) is 47.9 Å². The van der Waals surface area contributed by atoms with Crippen molar-refractivity contribution in [3.05, 3.63) is 100 Å². The minimum absolute atomic E-state index is 0.223. The van der Waals surface area contributed by atoms with Crippen molar-refractivity contribution in [2.45, 2.75) is 32.9 Å². The third-order valence-corrected chi connectivity index (χ3v) is 6.22. The molecule has 1 atom stereocenters. The molecule has 172 valence electrons. The number of nitrogens with one attached hydrogen (secondary N) is 1. The highest BCUT2D eigenvalue weighted by atomic mass is 35.5. The first kappa shape index (κ1) is 22.0. The van der Waals surface area contributed by atoms with Crippen molar-refractivity contribution in [3.63, 3.8) is 0 Å². The highest BCUT2D eigenvalue weighted by Gasteiger charge is 2.36. The topological polar surface area (TPSA) is 84.4 Å². The second-order valence-corrected chi connectivity index (χ2v) is 8.51. The van der Waals surface area contributed by atoms with Gasteiger partial charge in [0.2, 0.25) is 5.82 Å². The van der Waals surface area contributed by atoms with Gasteiger partial charge in [0.25, 0.3) is 5.89 Å². The van der Waals surface area contributed by atoms with E-state index in [2.05, 4.69) is 34.5 Å². The van der Waals surface area contributed by atoms with E-state index < -0.39 is 6.04 Å². The molecule has 1 N–H and O–H groups in total. The number of benzene rings is 2. The van der Waals surface area contributed by atoms with Crippen LogP contribution in [0.25, 0.3) is 17.0 Å². The van der Waals surface area contributed by atoms with E-state index in [1.807, 2.05) is 37.3 Å². The second kappa shape index (κ2) is 9.19. The number of hydrogen-bond donors (Lipinski definition) is 1. The Morgan fingerprint density at radius 3 is 2.53 bits per heavy atom. The van der Waals surface area contributed by atoms with Crippen LogP contribution in [0.4, 0.5) is 4.79 Å². The van der Waals surface area contributed by atoms with Crippen LogP contribution in [-0.2, 0) is 13.0 Å². The van der Waals surface area contributed by atoms with E-state index in [9.17, 15) is 4.79 Å². The smallest absolute Gasteiger partial charge is 0.322 e. The number of allylic oxidation sites excluding steroid dienone is 1. The molecule has 2 aromatic carbocycles. The van der Waals surface area contributed by atoms with Gasteiger partial charge in [0, 0.05) is 16.3 Å². The Hall–Kier alpha value is -3.84. The van der Waals surface area contributed by atoms with E-state index in [4.69, 9.17) is 20.5 Å². The number of carbonyl (C=O) groups is 1. The number of carbonyl (C=O) groups excluding carboxylic acids is 1. The number of rotatable bonds is 6. The van der Waals surface area contributed by atoms with Crippen molar-refractivity contribution in [1.29, 1.82) is 0 Å². The SMILES string of the molecule is CCc1ccc(C2NC(=O)N(Cc3ccco3)C(C)=C2c2nc(-c3ccc(Cl)cc3)no2)cc1. The zero-order chi connectivity index (χ0) is 23.7. The van der Waals surface area contributed by atoms with Gasteiger partial charge in [0.05, 0.1) is 24.4 Å². The molecule has 3 heterocycles. The largest absolute Gasteiger partial charge is 0.467 e. The fourth-order valence-electron chi connectivity index (χ4n) is 4.05. The molecule has 0 radical (unpaired) electrons. The molecular weight excluding hydrogens is 452 g/mol. The lowest BCUT2D eigenvalue weighted by Gasteiger charge is -2.34. The molecule has 0 aliphatic carbocycles. The van der Waals surface area contributed by atoms with Crippen LogP contribution >= 0.6 is 11.6 Å². The average molecular weight is 475 g/mol. The summed E-state index contributed by atoms with van der Waals surface area (Å²) in [6.07, 6.45) is 2.52. The predicted octanol–water partition coefficient (Wildman–Crippen LogP) is 6.24. The summed E-state index contributed by atoms with van der Waals surface area (Å²) >= 11 is 6.02. The van der Waals surface area contributed by atoms with Crippen LogP contribution in [0, 0.1) is 0 Å². The monoisotopic (exact) mass is 474 g/mol. The van der Waals surface area contributed by atoms with E-state index in [1.54, 1.807) is 29.4 Å². The molecule has 5 rings (SSSR count). The highest BCUT2D eigenvalue weighted by molar-refractivity contribution is 6.30. The van der Waals surface area contributed by atoms with Gasteiger partial charge in [0.15, 0.2) is 0 Å². The van der Waals surface area contributed by atoms with Gasteiger partial charge >= 0.3 is 6.03 Å². The molecule has 0 fully saturated rings. The van der Waals surface area contributed by atoms with Crippen LogP contribution in [0.15, 0.2) is 81.6 Å². The van der Waals surface area contributed by atoms with Crippen LogP contribution in [0.2, 0.25) is 5.02 Å². The first-order valence-corrected chi connectivity index (χ1v) is 11.4. The molecule has 0 saturated heterocycles. The fourth-order valence-corrected chi connectivity index (χ4v) is 4.18. The summed E-state index contributed by atoms with van der Waals surface area (Å²) in [6, 6.07) is 18.4. The molecule has 1 aliphatic heterocycles. The number of nitrogens with zero attached hydrogens (tertiary/aromatic N) is 3. The minimum atomic E-state index is -0.440. The van der Waals surface area contributed by atoms with E-state index >= 15 is 0 Å².